The number of amidine groups is 1. The third kappa shape index (κ3) is 3.48. The summed E-state index contributed by atoms with van der Waals surface area (Å²) in [6, 6.07) is 17.1. The molecule has 0 aliphatic carbocycles. The van der Waals surface area contributed by atoms with Gasteiger partial charge >= 0.3 is 0 Å². The Morgan fingerprint density at radius 1 is 1.12 bits per heavy atom. The van der Waals surface area contributed by atoms with E-state index in [-0.39, 0.29) is 5.91 Å². The first-order chi connectivity index (χ1) is 12.3. The number of para-hydroxylation sites is 1. The maximum Gasteiger partial charge on any atom is 0.264 e. The Hall–Kier alpha value is -3.26. The predicted molar refractivity (Wildman–Crippen MR) is 96.4 cm³/mol. The highest BCUT2D eigenvalue weighted by Gasteiger charge is 2.23. The van der Waals surface area contributed by atoms with E-state index in [0.717, 1.165) is 16.9 Å². The van der Waals surface area contributed by atoms with E-state index in [1.165, 1.54) is 18.1 Å². The molecule has 0 saturated carbocycles. The van der Waals surface area contributed by atoms with Crippen molar-refractivity contribution in [1.29, 1.82) is 0 Å². The van der Waals surface area contributed by atoms with Crippen molar-refractivity contribution >= 4 is 34.6 Å². The third-order valence-electron chi connectivity index (χ3n) is 3.42. The molecule has 2 aromatic carbocycles. The fraction of sp³-hybridized carbons (Fsp3) is 0. The van der Waals surface area contributed by atoms with Crippen molar-refractivity contribution in [3.63, 3.8) is 0 Å². The highest BCUT2D eigenvalue weighted by Crippen LogP contribution is 2.28. The number of benzene rings is 2. The number of nitrogens with zero attached hydrogens (tertiary/aromatic N) is 5. The maximum absolute atomic E-state index is 12.2. The van der Waals surface area contributed by atoms with Gasteiger partial charge in [-0.05, 0) is 58.1 Å². The molecule has 0 spiro atoms. The molecule has 2 heterocycles. The Kier molecular flexibility index (Phi) is 4.09. The van der Waals surface area contributed by atoms with Crippen LogP contribution >= 0.6 is 11.8 Å². The van der Waals surface area contributed by atoms with Crippen LogP contribution in [0, 0.1) is 0 Å². The number of hydrogen-bond acceptors (Lipinski definition) is 6. The number of carbonyl (C=O) groups is 1. The van der Waals surface area contributed by atoms with E-state index >= 15 is 0 Å². The molecule has 1 saturated heterocycles. The topological polar surface area (TPSA) is 85.1 Å². The maximum atomic E-state index is 12.2. The van der Waals surface area contributed by atoms with Crippen LogP contribution in [0.4, 0.5) is 5.69 Å². The number of tetrazole rings is 1. The van der Waals surface area contributed by atoms with Gasteiger partial charge in [-0.2, -0.15) is 0 Å². The van der Waals surface area contributed by atoms with E-state index < -0.39 is 0 Å². The monoisotopic (exact) mass is 348 g/mol. The molecule has 1 aliphatic rings. The number of hydrogen-bond donors (Lipinski definition) is 1. The van der Waals surface area contributed by atoms with Gasteiger partial charge in [0.2, 0.25) is 0 Å². The van der Waals surface area contributed by atoms with Gasteiger partial charge in [-0.3, -0.25) is 4.79 Å². The Morgan fingerprint density at radius 2 is 2.00 bits per heavy atom. The molecule has 0 unspecified atom stereocenters. The van der Waals surface area contributed by atoms with Crippen molar-refractivity contribution in [3.8, 4) is 5.69 Å². The van der Waals surface area contributed by atoms with Gasteiger partial charge in [-0.15, -0.1) is 5.10 Å². The molecule has 3 aromatic rings. The third-order valence-corrected chi connectivity index (χ3v) is 4.33. The minimum Gasteiger partial charge on any atom is -0.300 e. The second kappa shape index (κ2) is 6.70. The van der Waals surface area contributed by atoms with Gasteiger partial charge < -0.3 is 5.32 Å². The van der Waals surface area contributed by atoms with Crippen molar-refractivity contribution in [2.45, 2.75) is 0 Å². The Bertz CT molecular complexity index is 966. The van der Waals surface area contributed by atoms with Gasteiger partial charge in [0.15, 0.2) is 5.17 Å². The Labute approximate surface area is 147 Å². The molecule has 122 valence electrons. The van der Waals surface area contributed by atoms with E-state index in [2.05, 4.69) is 25.8 Å². The molecule has 0 radical (unpaired) electrons. The summed E-state index contributed by atoms with van der Waals surface area (Å²) in [5, 5.41) is 14.5. The Morgan fingerprint density at radius 3 is 2.80 bits per heavy atom. The lowest BCUT2D eigenvalue weighted by molar-refractivity contribution is -0.115. The molecule has 1 N–H and O–H groups in total. The zero-order valence-corrected chi connectivity index (χ0v) is 13.7. The van der Waals surface area contributed by atoms with Crippen LogP contribution in [0.1, 0.15) is 5.56 Å². The lowest BCUT2D eigenvalue weighted by Gasteiger charge is -2.01. The van der Waals surface area contributed by atoms with Crippen LogP contribution in [0.5, 0.6) is 0 Å². The molecule has 4 rings (SSSR count). The van der Waals surface area contributed by atoms with Gasteiger partial charge in [0.25, 0.3) is 5.91 Å². The fourth-order valence-corrected chi connectivity index (χ4v) is 3.13. The van der Waals surface area contributed by atoms with Crippen molar-refractivity contribution < 1.29 is 4.79 Å². The average molecular weight is 348 g/mol. The zero-order chi connectivity index (χ0) is 17.1. The summed E-state index contributed by atoms with van der Waals surface area (Å²) in [7, 11) is 0. The number of aromatic nitrogens is 4. The molecule has 1 fully saturated rings. The summed E-state index contributed by atoms with van der Waals surface area (Å²) in [4.78, 5) is 17.2. The lowest BCUT2D eigenvalue weighted by atomic mass is 10.2. The van der Waals surface area contributed by atoms with Crippen molar-refractivity contribution in [2.75, 3.05) is 0 Å². The van der Waals surface area contributed by atoms with E-state index in [1.807, 2.05) is 60.7 Å². The fourth-order valence-electron chi connectivity index (χ4n) is 2.29. The summed E-state index contributed by atoms with van der Waals surface area (Å²) in [6.07, 6.45) is 3.34. The number of amides is 1. The summed E-state index contributed by atoms with van der Waals surface area (Å²) < 4.78 is 1.56. The van der Waals surface area contributed by atoms with Crippen LogP contribution in [0.3, 0.4) is 0 Å². The molecule has 0 bridgehead atoms. The molecule has 25 heavy (non-hydrogen) atoms. The number of carbonyl (C=O) groups excluding carboxylic acids is 1. The summed E-state index contributed by atoms with van der Waals surface area (Å²) in [5.41, 5.74) is 2.50. The van der Waals surface area contributed by atoms with Gasteiger partial charge in [-0.25, -0.2) is 9.67 Å². The highest BCUT2D eigenvalue weighted by atomic mass is 32.2. The summed E-state index contributed by atoms with van der Waals surface area (Å²) in [6.45, 7) is 0. The second-order valence-corrected chi connectivity index (χ2v) is 6.20. The highest BCUT2D eigenvalue weighted by molar-refractivity contribution is 8.18. The zero-order valence-electron chi connectivity index (χ0n) is 12.9. The quantitative estimate of drug-likeness (QED) is 0.735. The van der Waals surface area contributed by atoms with Crippen LogP contribution in [0.2, 0.25) is 0 Å². The first-order valence-corrected chi connectivity index (χ1v) is 8.28. The largest absolute Gasteiger partial charge is 0.300 e. The molecule has 1 amide bonds. The van der Waals surface area contributed by atoms with Crippen LogP contribution < -0.4 is 5.32 Å². The first-order valence-electron chi connectivity index (χ1n) is 7.46. The van der Waals surface area contributed by atoms with Gasteiger partial charge in [-0.1, -0.05) is 30.3 Å². The molecule has 1 aliphatic heterocycles. The molecular weight excluding hydrogens is 336 g/mol. The number of thioether (sulfide) groups is 1. The van der Waals surface area contributed by atoms with Crippen molar-refractivity contribution in [1.82, 2.24) is 25.5 Å². The van der Waals surface area contributed by atoms with Crippen molar-refractivity contribution in [3.05, 3.63) is 71.4 Å². The molecule has 8 heteroatoms. The minimum atomic E-state index is -0.160. The average Bonchev–Trinajstić information content (AvgIpc) is 3.27. The van der Waals surface area contributed by atoms with Gasteiger partial charge in [0, 0.05) is 0 Å². The molecule has 7 nitrogen and oxygen atoms in total. The second-order valence-electron chi connectivity index (χ2n) is 5.17. The van der Waals surface area contributed by atoms with E-state index in [0.29, 0.717) is 10.1 Å². The van der Waals surface area contributed by atoms with Gasteiger partial charge in [0.1, 0.15) is 6.33 Å². The molecule has 0 atom stereocenters. The molecule has 1 aromatic heterocycles. The molecular formula is C17H12N6OS. The Balaban J connectivity index is 1.59. The van der Waals surface area contributed by atoms with Crippen molar-refractivity contribution in [2.24, 2.45) is 4.99 Å². The van der Waals surface area contributed by atoms with E-state index in [9.17, 15) is 4.79 Å². The number of nitrogens with one attached hydrogen (secondary N) is 1. The number of rotatable bonds is 3. The summed E-state index contributed by atoms with van der Waals surface area (Å²) >= 11 is 1.32. The summed E-state index contributed by atoms with van der Waals surface area (Å²) in [5.74, 6) is -0.160. The normalized spacial score (nSPS) is 17.2. The smallest absolute Gasteiger partial charge is 0.264 e. The van der Waals surface area contributed by atoms with Gasteiger partial charge in [0.05, 0.1) is 16.3 Å². The first kappa shape index (κ1) is 15.3. The van der Waals surface area contributed by atoms with Crippen LogP contribution in [0.25, 0.3) is 11.8 Å². The minimum absolute atomic E-state index is 0.160. The lowest BCUT2D eigenvalue weighted by Crippen LogP contribution is -2.19. The standard InChI is InChI=1S/C17H12N6OS/c24-16-15(25-17(20-16)19-13-6-2-1-3-7-13)10-12-5-4-8-14(9-12)23-11-18-21-22-23/h1-11H,(H,19,20,24)/b15-10+. The van der Waals surface area contributed by atoms with Crippen LogP contribution in [0.15, 0.2) is 70.8 Å². The van der Waals surface area contributed by atoms with E-state index in [1.54, 1.807) is 4.68 Å². The van der Waals surface area contributed by atoms with E-state index in [4.69, 9.17) is 0 Å². The predicted octanol–water partition coefficient (Wildman–Crippen LogP) is 2.55. The van der Waals surface area contributed by atoms with Crippen LogP contribution in [-0.2, 0) is 4.79 Å². The number of aliphatic imine (C=N–C) groups is 1. The van der Waals surface area contributed by atoms with Crippen LogP contribution in [-0.4, -0.2) is 31.3 Å². The SMILES string of the molecule is O=C1NC(=Nc2ccccc2)S/C1=C/c1cccc(-n2cnnn2)c1.